The van der Waals surface area contributed by atoms with Crippen LogP contribution in [0.4, 0.5) is 5.13 Å². The van der Waals surface area contributed by atoms with E-state index in [0.29, 0.717) is 10.9 Å². The zero-order valence-corrected chi connectivity index (χ0v) is 18.3. The number of hydrogen-bond acceptors (Lipinski definition) is 4. The average molecular weight is 412 g/mol. The lowest BCUT2D eigenvalue weighted by Crippen LogP contribution is -2.27. The zero-order chi connectivity index (χ0) is 20.1. The number of rotatable bonds is 7. The Morgan fingerprint density at radius 1 is 1.11 bits per heavy atom. The van der Waals surface area contributed by atoms with E-state index in [0.717, 1.165) is 28.4 Å². The highest BCUT2D eigenvalue weighted by Crippen LogP contribution is 2.33. The molecule has 0 radical (unpaired) electrons. The van der Waals surface area contributed by atoms with Crippen molar-refractivity contribution >= 4 is 34.3 Å². The molecule has 0 spiro atoms. The first-order valence-corrected chi connectivity index (χ1v) is 10.9. The number of nitrogens with zero attached hydrogens (tertiary/aromatic N) is 3. The first kappa shape index (κ1) is 20.6. The minimum absolute atomic E-state index is 0.243. The molecule has 0 fully saturated rings. The molecule has 0 saturated heterocycles. The zero-order valence-electron chi connectivity index (χ0n) is 16.8. The summed E-state index contributed by atoms with van der Waals surface area (Å²) in [6, 6.07) is 16.5. The third kappa shape index (κ3) is 4.62. The van der Waals surface area contributed by atoms with Crippen molar-refractivity contribution in [2.45, 2.75) is 46.1 Å². The van der Waals surface area contributed by atoms with Gasteiger partial charge in [0.15, 0.2) is 0 Å². The minimum Gasteiger partial charge on any atom is -0.236 e. The molecule has 3 nitrogen and oxygen atoms in total. The van der Waals surface area contributed by atoms with E-state index < -0.39 is 0 Å². The van der Waals surface area contributed by atoms with Gasteiger partial charge in [-0.3, -0.25) is 0 Å². The van der Waals surface area contributed by atoms with Crippen LogP contribution in [0.2, 0.25) is 5.02 Å². The second-order valence-electron chi connectivity index (χ2n) is 7.13. The highest BCUT2D eigenvalue weighted by atomic mass is 35.5. The fourth-order valence-corrected chi connectivity index (χ4v) is 4.08. The van der Waals surface area contributed by atoms with E-state index in [9.17, 15) is 0 Å². The van der Waals surface area contributed by atoms with Gasteiger partial charge in [0.1, 0.15) is 0 Å². The number of aromatic nitrogens is 1. The monoisotopic (exact) mass is 411 g/mol. The van der Waals surface area contributed by atoms with E-state index in [2.05, 4.69) is 52.0 Å². The van der Waals surface area contributed by atoms with Crippen LogP contribution < -0.4 is 5.01 Å². The van der Waals surface area contributed by atoms with Crippen molar-refractivity contribution in [1.82, 2.24) is 4.98 Å². The van der Waals surface area contributed by atoms with Crippen LogP contribution >= 0.6 is 22.9 Å². The molecule has 2 aromatic carbocycles. The van der Waals surface area contributed by atoms with Crippen molar-refractivity contribution < 1.29 is 0 Å². The van der Waals surface area contributed by atoms with E-state index in [1.807, 2.05) is 40.9 Å². The largest absolute Gasteiger partial charge is 0.236 e. The van der Waals surface area contributed by atoms with Crippen LogP contribution in [0.25, 0.3) is 11.3 Å². The number of hydrogen-bond donors (Lipinski definition) is 0. The molecule has 0 amide bonds. The molecule has 0 bridgehead atoms. The van der Waals surface area contributed by atoms with Crippen LogP contribution in [0.5, 0.6) is 0 Å². The lowest BCUT2D eigenvalue weighted by Gasteiger charge is -2.22. The average Bonchev–Trinajstić information content (AvgIpc) is 3.18. The predicted molar refractivity (Wildman–Crippen MR) is 123 cm³/mol. The summed E-state index contributed by atoms with van der Waals surface area (Å²) in [6.07, 6.45) is 2.93. The molecule has 146 valence electrons. The van der Waals surface area contributed by atoms with Crippen molar-refractivity contribution in [3.63, 3.8) is 0 Å². The van der Waals surface area contributed by atoms with Gasteiger partial charge in [-0.15, -0.1) is 11.3 Å². The van der Waals surface area contributed by atoms with Crippen LogP contribution in [-0.4, -0.2) is 17.2 Å². The minimum atomic E-state index is 0.243. The van der Waals surface area contributed by atoms with Gasteiger partial charge in [-0.25, -0.2) is 9.99 Å². The van der Waals surface area contributed by atoms with Crippen molar-refractivity contribution in [3.8, 4) is 11.3 Å². The predicted octanol–water partition coefficient (Wildman–Crippen LogP) is 7.23. The number of anilines is 1. The number of hydrazone groups is 1. The third-order valence-electron chi connectivity index (χ3n) is 4.79. The Balaban J connectivity index is 1.93. The van der Waals surface area contributed by atoms with Crippen LogP contribution in [0.3, 0.4) is 0 Å². The van der Waals surface area contributed by atoms with Crippen LogP contribution in [0, 0.1) is 0 Å². The van der Waals surface area contributed by atoms with Crippen molar-refractivity contribution in [3.05, 3.63) is 70.1 Å². The summed E-state index contributed by atoms with van der Waals surface area (Å²) in [5.41, 5.74) is 4.28. The summed E-state index contributed by atoms with van der Waals surface area (Å²) in [7, 11) is 0. The van der Waals surface area contributed by atoms with E-state index >= 15 is 0 Å². The van der Waals surface area contributed by atoms with Crippen LogP contribution in [0.15, 0.2) is 59.0 Å². The summed E-state index contributed by atoms with van der Waals surface area (Å²) >= 11 is 7.94. The summed E-state index contributed by atoms with van der Waals surface area (Å²) < 4.78 is 0. The molecule has 1 unspecified atom stereocenters. The molecule has 28 heavy (non-hydrogen) atoms. The molecule has 0 N–H and O–H groups in total. The molecule has 1 aromatic heterocycles. The first-order chi connectivity index (χ1) is 13.5. The Bertz CT molecular complexity index is 948. The summed E-state index contributed by atoms with van der Waals surface area (Å²) in [5.74, 6) is 0.450. The van der Waals surface area contributed by atoms with Crippen LogP contribution in [0.1, 0.15) is 51.2 Å². The Labute approximate surface area is 176 Å². The molecule has 1 atom stereocenters. The highest BCUT2D eigenvalue weighted by molar-refractivity contribution is 7.14. The van der Waals surface area contributed by atoms with Crippen molar-refractivity contribution in [2.75, 3.05) is 5.01 Å². The van der Waals surface area contributed by atoms with Crippen LogP contribution in [-0.2, 0) is 0 Å². The van der Waals surface area contributed by atoms with Gasteiger partial charge in [-0.2, -0.15) is 5.10 Å². The quantitative estimate of drug-likeness (QED) is 0.303. The lowest BCUT2D eigenvalue weighted by molar-refractivity contribution is 0.635. The van der Waals surface area contributed by atoms with Gasteiger partial charge in [-0.1, -0.05) is 74.8 Å². The summed E-state index contributed by atoms with van der Waals surface area (Å²) in [5, 5.41) is 10.5. The standard InChI is InChI=1S/C23H26ClN3S/c1-5-17(4)27(25-14-18-10-6-7-11-19(18)16(2)3)23-26-22(15-28-23)20-12-8-9-13-21(20)24/h6-17H,5H2,1-4H3/b25-14+. The van der Waals surface area contributed by atoms with Gasteiger partial charge in [0.25, 0.3) is 0 Å². The maximum absolute atomic E-state index is 6.35. The van der Waals surface area contributed by atoms with Gasteiger partial charge in [0.2, 0.25) is 5.13 Å². The molecule has 5 heteroatoms. The van der Waals surface area contributed by atoms with E-state index in [-0.39, 0.29) is 6.04 Å². The second-order valence-corrected chi connectivity index (χ2v) is 8.37. The molecule has 3 rings (SSSR count). The Hall–Kier alpha value is -2.17. The molecular formula is C23H26ClN3S. The SMILES string of the molecule is CCC(C)N(/N=C/c1ccccc1C(C)C)c1nc(-c2ccccc2Cl)cs1. The lowest BCUT2D eigenvalue weighted by atomic mass is 9.98. The molecule has 0 aliphatic rings. The fraction of sp³-hybridized carbons (Fsp3) is 0.304. The smallest absolute Gasteiger partial charge is 0.206 e. The molecule has 0 aliphatic heterocycles. The van der Waals surface area contributed by atoms with Crippen molar-refractivity contribution in [1.29, 1.82) is 0 Å². The topological polar surface area (TPSA) is 28.5 Å². The Morgan fingerprint density at radius 2 is 1.82 bits per heavy atom. The molecule has 3 aromatic rings. The molecular weight excluding hydrogens is 386 g/mol. The Kier molecular flexibility index (Phi) is 6.87. The van der Waals surface area contributed by atoms with Gasteiger partial charge in [0, 0.05) is 16.0 Å². The normalized spacial score (nSPS) is 12.6. The Morgan fingerprint density at radius 3 is 2.54 bits per heavy atom. The maximum Gasteiger partial charge on any atom is 0.206 e. The summed E-state index contributed by atoms with van der Waals surface area (Å²) in [4.78, 5) is 4.83. The number of halogens is 1. The maximum atomic E-state index is 6.35. The van der Waals surface area contributed by atoms with Gasteiger partial charge >= 0.3 is 0 Å². The van der Waals surface area contributed by atoms with E-state index in [1.165, 1.54) is 5.56 Å². The fourth-order valence-electron chi connectivity index (χ4n) is 2.97. The summed E-state index contributed by atoms with van der Waals surface area (Å²) in [6.45, 7) is 8.74. The molecule has 1 heterocycles. The number of benzene rings is 2. The van der Waals surface area contributed by atoms with Gasteiger partial charge < -0.3 is 0 Å². The first-order valence-electron chi connectivity index (χ1n) is 9.63. The highest BCUT2D eigenvalue weighted by Gasteiger charge is 2.17. The second kappa shape index (κ2) is 9.35. The van der Waals surface area contributed by atoms with E-state index in [4.69, 9.17) is 21.7 Å². The third-order valence-corrected chi connectivity index (χ3v) is 5.95. The van der Waals surface area contributed by atoms with Crippen molar-refractivity contribution in [2.24, 2.45) is 5.10 Å². The number of thiazole rings is 1. The molecule has 0 saturated carbocycles. The van der Waals surface area contributed by atoms with E-state index in [1.54, 1.807) is 11.3 Å². The van der Waals surface area contributed by atoms with Gasteiger partial charge in [0.05, 0.1) is 18.0 Å². The molecule has 0 aliphatic carbocycles. The van der Waals surface area contributed by atoms with Gasteiger partial charge in [-0.05, 0) is 36.5 Å².